The summed E-state index contributed by atoms with van der Waals surface area (Å²) < 4.78 is 30.5. The van der Waals surface area contributed by atoms with Crippen LogP contribution in [0.25, 0.3) is 0 Å². The van der Waals surface area contributed by atoms with Gasteiger partial charge in [0.05, 0.1) is 0 Å². The van der Waals surface area contributed by atoms with Crippen LogP contribution >= 0.6 is 0 Å². The Bertz CT molecular complexity index is 91.2. The Morgan fingerprint density at radius 1 is 1.50 bits per heavy atom. The van der Waals surface area contributed by atoms with Crippen molar-refractivity contribution in [2.75, 3.05) is 0 Å². The van der Waals surface area contributed by atoms with Gasteiger partial charge in [0, 0.05) is 4.29 Å². The van der Waals surface area contributed by atoms with Crippen molar-refractivity contribution in [2.24, 2.45) is 0 Å². The predicted molar refractivity (Wildman–Crippen MR) is 9.11 cm³/mol. The van der Waals surface area contributed by atoms with E-state index in [4.69, 9.17) is 5.11 Å². The molecule has 6 nitrogen and oxygen atoms in total. The Kier molecular flexibility index (Phi) is 1.99. The minimum atomic E-state index is -4.82. The minimum absolute atomic E-state index is 2.14. The molecular formula is CHClO6. The maximum atomic E-state index is 9.26. The molecule has 0 spiro atoms. The second kappa shape index (κ2) is 2.14. The van der Waals surface area contributed by atoms with Gasteiger partial charge in [-0.3, -0.25) is 0 Å². The SMILES string of the molecule is O=C(O)O[Cl+3]([O-])([O-])[O-]. The van der Waals surface area contributed by atoms with E-state index in [2.05, 4.69) is 4.29 Å². The number of halogens is 1. The lowest BCUT2D eigenvalue weighted by Gasteiger charge is -2.07. The van der Waals surface area contributed by atoms with Gasteiger partial charge in [0.2, 0.25) is 0 Å². The molecule has 0 unspecified atom stereocenters. The molecule has 0 bridgehead atoms. The molecule has 0 aliphatic rings. The standard InChI is InChI=1S/CHClO6/c3-1(4)8-2(5,6)7/h(H,3,4). The fourth-order valence-corrected chi connectivity index (χ4v) is 0.243. The zero-order chi connectivity index (χ0) is 6.78. The highest BCUT2D eigenvalue weighted by Gasteiger charge is 2.24. The van der Waals surface area contributed by atoms with Crippen LogP contribution in [0.4, 0.5) is 4.79 Å². The number of hydrogen-bond acceptors (Lipinski definition) is 5. The first-order chi connectivity index (χ1) is 3.42. The summed E-state index contributed by atoms with van der Waals surface area (Å²) in [6.45, 7) is 0. The highest BCUT2D eigenvalue weighted by atomic mass is 35.7. The summed E-state index contributed by atoms with van der Waals surface area (Å²) in [4.78, 5) is 9.21. The quantitative estimate of drug-likeness (QED) is 0.410. The Balaban J connectivity index is 3.55. The van der Waals surface area contributed by atoms with Gasteiger partial charge in [-0.1, -0.05) is 0 Å². The molecule has 48 valence electrons. The summed E-state index contributed by atoms with van der Waals surface area (Å²) in [7, 11) is -4.82. The van der Waals surface area contributed by atoms with Gasteiger partial charge >= 0.3 is 6.16 Å². The second-order valence-corrected chi connectivity index (χ2v) is 1.63. The van der Waals surface area contributed by atoms with E-state index in [-0.39, 0.29) is 0 Å². The van der Waals surface area contributed by atoms with Crippen LogP contribution in [0, 0.1) is 10.2 Å². The van der Waals surface area contributed by atoms with Crippen LogP contribution in [0.3, 0.4) is 0 Å². The molecule has 7 heteroatoms. The third-order valence-corrected chi connectivity index (χ3v) is 0.481. The average Bonchev–Trinajstić information content (AvgIpc) is 1.21. The molecule has 0 aromatic carbocycles. The molecule has 0 heterocycles. The molecule has 0 aliphatic heterocycles. The molecular weight excluding hydrogens is 143 g/mol. The second-order valence-electron chi connectivity index (χ2n) is 0.721. The fraction of sp³-hybridized carbons (Fsp3) is 0. The van der Waals surface area contributed by atoms with Crippen LogP contribution in [0.2, 0.25) is 0 Å². The van der Waals surface area contributed by atoms with E-state index in [1.54, 1.807) is 0 Å². The Morgan fingerprint density at radius 2 is 1.88 bits per heavy atom. The lowest BCUT2D eigenvalue weighted by Crippen LogP contribution is -2.61. The summed E-state index contributed by atoms with van der Waals surface area (Å²) >= 11 is 0. The summed E-state index contributed by atoms with van der Waals surface area (Å²) in [6.07, 6.45) is -2.14. The van der Waals surface area contributed by atoms with Gasteiger partial charge in [-0.2, -0.15) is 18.8 Å². The van der Waals surface area contributed by atoms with Crippen LogP contribution in [-0.4, -0.2) is 11.3 Å². The van der Waals surface area contributed by atoms with Crippen LogP contribution in [0.1, 0.15) is 0 Å². The zero-order valence-electron chi connectivity index (χ0n) is 3.37. The largest absolute Gasteiger partial charge is 0.658 e. The van der Waals surface area contributed by atoms with E-state index in [0.717, 1.165) is 0 Å². The monoisotopic (exact) mass is 144 g/mol. The highest BCUT2D eigenvalue weighted by Crippen LogP contribution is 1.86. The van der Waals surface area contributed by atoms with Crippen LogP contribution in [-0.2, 0) is 4.29 Å². The Labute approximate surface area is 45.7 Å². The normalized spacial score (nSPS) is 10.9. The summed E-state index contributed by atoms with van der Waals surface area (Å²) in [5.74, 6) is 0. The van der Waals surface area contributed by atoms with Gasteiger partial charge in [0.15, 0.2) is 10.2 Å². The first kappa shape index (κ1) is 7.44. The molecule has 0 fully saturated rings. The van der Waals surface area contributed by atoms with E-state index in [1.165, 1.54) is 0 Å². The summed E-state index contributed by atoms with van der Waals surface area (Å²) in [5, 5.41) is 7.44. The molecule has 8 heavy (non-hydrogen) atoms. The molecule has 0 saturated heterocycles. The smallest absolute Gasteiger partial charge is 0.439 e. The van der Waals surface area contributed by atoms with Crippen molar-refractivity contribution in [1.29, 1.82) is 0 Å². The van der Waals surface area contributed by atoms with Crippen LogP contribution in [0.15, 0.2) is 0 Å². The van der Waals surface area contributed by atoms with Crippen molar-refractivity contribution in [2.45, 2.75) is 0 Å². The maximum absolute atomic E-state index is 9.26. The number of carbonyl (C=O) groups is 1. The molecule has 0 atom stereocenters. The maximum Gasteiger partial charge on any atom is 0.658 e. The lowest BCUT2D eigenvalue weighted by molar-refractivity contribution is -1.92. The minimum Gasteiger partial charge on any atom is -0.439 e. The fourth-order valence-electron chi connectivity index (χ4n) is 0.0808. The van der Waals surface area contributed by atoms with E-state index >= 15 is 0 Å². The first-order valence-electron chi connectivity index (χ1n) is 1.25. The zero-order valence-corrected chi connectivity index (χ0v) is 4.12. The average molecular weight is 144 g/mol. The van der Waals surface area contributed by atoms with Crippen LogP contribution < -0.4 is 14.0 Å². The van der Waals surface area contributed by atoms with Crippen molar-refractivity contribution in [1.82, 2.24) is 0 Å². The molecule has 0 radical (unpaired) electrons. The molecule has 0 saturated carbocycles. The third-order valence-electron chi connectivity index (χ3n) is 0.160. The Morgan fingerprint density at radius 3 is 1.88 bits per heavy atom. The summed E-state index contributed by atoms with van der Waals surface area (Å²) in [5.41, 5.74) is 0. The number of carboxylic acid groups (broad SMARTS) is 1. The van der Waals surface area contributed by atoms with Gasteiger partial charge in [-0.05, 0) is 0 Å². The molecule has 1 N–H and O–H groups in total. The molecule has 0 amide bonds. The molecule has 0 rings (SSSR count). The van der Waals surface area contributed by atoms with Gasteiger partial charge in [0.25, 0.3) is 0 Å². The van der Waals surface area contributed by atoms with Gasteiger partial charge in [-0.15, -0.1) is 0 Å². The summed E-state index contributed by atoms with van der Waals surface area (Å²) in [6, 6.07) is 0. The van der Waals surface area contributed by atoms with Crippen LogP contribution in [0.5, 0.6) is 0 Å². The number of rotatable bonds is 1. The van der Waals surface area contributed by atoms with Crippen molar-refractivity contribution >= 4 is 6.16 Å². The lowest BCUT2D eigenvalue weighted by atomic mass is 11.5. The Hall–Kier alpha value is -0.560. The first-order valence-corrected chi connectivity index (χ1v) is 2.48. The van der Waals surface area contributed by atoms with E-state index in [9.17, 15) is 18.8 Å². The van der Waals surface area contributed by atoms with Crippen molar-refractivity contribution in [3.63, 3.8) is 0 Å². The molecule has 0 aromatic rings. The third kappa shape index (κ3) is 5.44. The topological polar surface area (TPSA) is 116 Å². The van der Waals surface area contributed by atoms with Crippen molar-refractivity contribution in [3.05, 3.63) is 0 Å². The van der Waals surface area contributed by atoms with Gasteiger partial charge < -0.3 is 5.11 Å². The van der Waals surface area contributed by atoms with Gasteiger partial charge in [-0.25, -0.2) is 0 Å². The van der Waals surface area contributed by atoms with Crippen molar-refractivity contribution < 1.29 is 38.4 Å². The van der Waals surface area contributed by atoms with E-state index < -0.39 is 16.4 Å². The predicted octanol–water partition coefficient (Wildman–Crippen LogP) is -3.42. The van der Waals surface area contributed by atoms with Crippen molar-refractivity contribution in [3.8, 4) is 0 Å². The molecule has 0 aromatic heterocycles. The highest BCUT2D eigenvalue weighted by molar-refractivity contribution is 5.55. The van der Waals surface area contributed by atoms with E-state index in [1.807, 2.05) is 0 Å². The molecule has 0 aliphatic carbocycles. The number of hydrogen-bond donors (Lipinski definition) is 1. The van der Waals surface area contributed by atoms with Gasteiger partial charge in [0.1, 0.15) is 0 Å². The van der Waals surface area contributed by atoms with E-state index in [0.29, 0.717) is 0 Å².